The molecule has 1 fully saturated rings. The van der Waals surface area contributed by atoms with Gasteiger partial charge in [-0.2, -0.15) is 0 Å². The van der Waals surface area contributed by atoms with Gasteiger partial charge < -0.3 is 19.9 Å². The van der Waals surface area contributed by atoms with E-state index in [9.17, 15) is 9.59 Å². The molecule has 5 rings (SSSR count). The molecular formula is C24H22N4O3. The number of pyridine rings is 1. The van der Waals surface area contributed by atoms with Gasteiger partial charge in [0.05, 0.1) is 18.8 Å². The van der Waals surface area contributed by atoms with Crippen LogP contribution in [-0.4, -0.2) is 40.5 Å². The number of ether oxygens (including phenoxy) is 1. The first kappa shape index (κ1) is 19.1. The molecule has 2 aliphatic heterocycles. The number of urea groups is 1. The molecule has 156 valence electrons. The van der Waals surface area contributed by atoms with E-state index < -0.39 is 6.04 Å². The molecule has 0 saturated carbocycles. The van der Waals surface area contributed by atoms with Crippen LogP contribution >= 0.6 is 0 Å². The monoisotopic (exact) mass is 414 g/mol. The van der Waals surface area contributed by atoms with E-state index in [0.717, 1.165) is 5.56 Å². The Hall–Kier alpha value is -3.87. The van der Waals surface area contributed by atoms with E-state index in [0.29, 0.717) is 36.6 Å². The van der Waals surface area contributed by atoms with Crippen molar-refractivity contribution in [3.8, 4) is 5.75 Å². The number of nitrogens with one attached hydrogen (secondary N) is 1. The standard InChI is InChI=1S/C24H22N4O3/c29-23-21-13-19(16-28(21)24(30)26-18-8-2-1-3-9-18)31-22-11-5-4-10-20(22)27(23)15-17-7-6-12-25-14-17/h1-12,14,19,21H,13,15-16H2,(H,26,30)/t19-,21-/m0/s1. The van der Waals surface area contributed by atoms with Gasteiger partial charge >= 0.3 is 6.03 Å². The molecule has 1 aromatic heterocycles. The smallest absolute Gasteiger partial charge is 0.322 e. The molecule has 2 bridgehead atoms. The number of fused-ring (bicyclic) bond motifs is 3. The zero-order valence-corrected chi connectivity index (χ0v) is 16.8. The summed E-state index contributed by atoms with van der Waals surface area (Å²) in [6.07, 6.45) is 3.66. The number of carbonyl (C=O) groups is 2. The molecule has 1 saturated heterocycles. The fraction of sp³-hybridized carbons (Fsp3) is 0.208. The highest BCUT2D eigenvalue weighted by Gasteiger charge is 2.45. The number of aromatic nitrogens is 1. The first-order valence-corrected chi connectivity index (χ1v) is 10.3. The summed E-state index contributed by atoms with van der Waals surface area (Å²) in [6, 6.07) is 19.6. The predicted molar refractivity (Wildman–Crippen MR) is 117 cm³/mol. The van der Waals surface area contributed by atoms with Crippen molar-refractivity contribution >= 4 is 23.3 Å². The van der Waals surface area contributed by atoms with Crippen molar-refractivity contribution in [2.45, 2.75) is 25.1 Å². The molecule has 7 nitrogen and oxygen atoms in total. The quantitative estimate of drug-likeness (QED) is 0.710. The minimum absolute atomic E-state index is 0.120. The summed E-state index contributed by atoms with van der Waals surface area (Å²) in [5.74, 6) is 0.527. The predicted octanol–water partition coefficient (Wildman–Crippen LogP) is 3.68. The van der Waals surface area contributed by atoms with E-state index in [1.165, 1.54) is 0 Å². The molecule has 2 aliphatic rings. The van der Waals surface area contributed by atoms with Gasteiger partial charge in [-0.1, -0.05) is 36.4 Å². The van der Waals surface area contributed by atoms with E-state index in [4.69, 9.17) is 4.74 Å². The van der Waals surface area contributed by atoms with Gasteiger partial charge in [0.1, 0.15) is 17.9 Å². The minimum Gasteiger partial charge on any atom is -0.486 e. The zero-order chi connectivity index (χ0) is 21.2. The van der Waals surface area contributed by atoms with Gasteiger partial charge in [-0.25, -0.2) is 4.79 Å². The largest absolute Gasteiger partial charge is 0.486 e. The second-order valence-electron chi connectivity index (χ2n) is 7.69. The number of likely N-dealkylation sites (tertiary alicyclic amines) is 1. The molecule has 3 amide bonds. The molecule has 1 N–H and O–H groups in total. The zero-order valence-electron chi connectivity index (χ0n) is 16.8. The van der Waals surface area contributed by atoms with Gasteiger partial charge in [-0.15, -0.1) is 0 Å². The van der Waals surface area contributed by atoms with Crippen LogP contribution in [0.1, 0.15) is 12.0 Å². The third-order valence-corrected chi connectivity index (χ3v) is 5.61. The maximum Gasteiger partial charge on any atom is 0.322 e. The summed E-state index contributed by atoms with van der Waals surface area (Å²) in [5.41, 5.74) is 2.30. The lowest BCUT2D eigenvalue weighted by molar-refractivity contribution is -0.122. The molecule has 2 aromatic carbocycles. The number of anilines is 2. The molecule has 0 spiro atoms. The van der Waals surface area contributed by atoms with E-state index in [2.05, 4.69) is 10.3 Å². The van der Waals surface area contributed by atoms with Gasteiger partial charge in [0.15, 0.2) is 0 Å². The van der Waals surface area contributed by atoms with Crippen LogP contribution in [0.5, 0.6) is 5.75 Å². The Labute approximate surface area is 180 Å². The van der Waals surface area contributed by atoms with E-state index in [1.54, 1.807) is 22.2 Å². The lowest BCUT2D eigenvalue weighted by Crippen LogP contribution is -2.49. The number of rotatable bonds is 3. The molecular weight excluding hydrogens is 392 g/mol. The highest BCUT2D eigenvalue weighted by atomic mass is 16.5. The van der Waals surface area contributed by atoms with Crippen molar-refractivity contribution in [3.63, 3.8) is 0 Å². The van der Waals surface area contributed by atoms with Gasteiger partial charge in [0.25, 0.3) is 0 Å². The van der Waals surface area contributed by atoms with E-state index in [-0.39, 0.29) is 18.0 Å². The Morgan fingerprint density at radius 3 is 2.68 bits per heavy atom. The summed E-state index contributed by atoms with van der Waals surface area (Å²) in [4.78, 5) is 34.2. The second kappa shape index (κ2) is 8.10. The third kappa shape index (κ3) is 3.82. The van der Waals surface area contributed by atoms with Crippen molar-refractivity contribution in [2.75, 3.05) is 16.8 Å². The average molecular weight is 414 g/mol. The van der Waals surface area contributed by atoms with Crippen molar-refractivity contribution < 1.29 is 14.3 Å². The summed E-state index contributed by atoms with van der Waals surface area (Å²) in [7, 11) is 0. The van der Waals surface area contributed by atoms with E-state index in [1.807, 2.05) is 66.7 Å². The van der Waals surface area contributed by atoms with Gasteiger partial charge in [0.2, 0.25) is 5.91 Å². The van der Waals surface area contributed by atoms with Gasteiger partial charge in [-0.05, 0) is 35.9 Å². The maximum atomic E-state index is 13.7. The van der Waals surface area contributed by atoms with E-state index >= 15 is 0 Å². The Kier molecular flexibility index (Phi) is 5.00. The molecule has 31 heavy (non-hydrogen) atoms. The van der Waals surface area contributed by atoms with Crippen LogP contribution in [0, 0.1) is 0 Å². The highest BCUT2D eigenvalue weighted by Crippen LogP contribution is 2.37. The van der Waals surface area contributed by atoms with Crippen LogP contribution in [0.15, 0.2) is 79.1 Å². The SMILES string of the molecule is O=C1[C@@H]2C[C@@H](CN2C(=O)Nc2ccccc2)Oc2ccccc2N1Cc1cccnc1. The molecule has 7 heteroatoms. The van der Waals surface area contributed by atoms with Crippen molar-refractivity contribution in [2.24, 2.45) is 0 Å². The van der Waals surface area contributed by atoms with Crippen molar-refractivity contribution in [3.05, 3.63) is 84.7 Å². The topological polar surface area (TPSA) is 74.8 Å². The number of benzene rings is 2. The fourth-order valence-corrected chi connectivity index (χ4v) is 4.15. The van der Waals surface area contributed by atoms with Crippen molar-refractivity contribution in [1.82, 2.24) is 9.88 Å². The normalized spacial score (nSPS) is 19.8. The first-order chi connectivity index (χ1) is 15.2. The second-order valence-corrected chi connectivity index (χ2v) is 7.69. The Morgan fingerprint density at radius 1 is 1.06 bits per heavy atom. The number of nitrogens with zero attached hydrogens (tertiary/aromatic N) is 3. The van der Waals surface area contributed by atoms with Crippen LogP contribution in [-0.2, 0) is 11.3 Å². The Balaban J connectivity index is 1.47. The molecule has 3 aromatic rings. The van der Waals surface area contributed by atoms with Crippen LogP contribution in [0.4, 0.5) is 16.2 Å². The van der Waals surface area contributed by atoms with Crippen LogP contribution in [0.3, 0.4) is 0 Å². The molecule has 0 radical (unpaired) electrons. The van der Waals surface area contributed by atoms with Crippen molar-refractivity contribution in [1.29, 1.82) is 0 Å². The fourth-order valence-electron chi connectivity index (χ4n) is 4.15. The highest BCUT2D eigenvalue weighted by molar-refractivity contribution is 6.02. The Bertz CT molecular complexity index is 1090. The third-order valence-electron chi connectivity index (χ3n) is 5.61. The molecule has 2 atom stereocenters. The van der Waals surface area contributed by atoms with Gasteiger partial charge in [-0.3, -0.25) is 9.78 Å². The first-order valence-electron chi connectivity index (χ1n) is 10.3. The number of hydrogen-bond donors (Lipinski definition) is 1. The summed E-state index contributed by atoms with van der Waals surface area (Å²) in [5, 5.41) is 2.89. The molecule has 0 unspecified atom stereocenters. The lowest BCUT2D eigenvalue weighted by atomic mass is 10.1. The average Bonchev–Trinajstić information content (AvgIpc) is 3.23. The number of amides is 3. The summed E-state index contributed by atoms with van der Waals surface area (Å²) in [6.45, 7) is 0.701. The lowest BCUT2D eigenvalue weighted by Gasteiger charge is -2.31. The number of para-hydroxylation sites is 3. The summed E-state index contributed by atoms with van der Waals surface area (Å²) < 4.78 is 6.24. The van der Waals surface area contributed by atoms with Crippen LogP contribution < -0.4 is 15.0 Å². The maximum absolute atomic E-state index is 13.7. The molecule has 3 heterocycles. The number of carbonyl (C=O) groups excluding carboxylic acids is 2. The molecule has 0 aliphatic carbocycles. The van der Waals surface area contributed by atoms with Crippen LogP contribution in [0.25, 0.3) is 0 Å². The Morgan fingerprint density at radius 2 is 1.87 bits per heavy atom. The minimum atomic E-state index is -0.598. The number of hydrogen-bond acceptors (Lipinski definition) is 4. The summed E-state index contributed by atoms with van der Waals surface area (Å²) >= 11 is 0. The van der Waals surface area contributed by atoms with Gasteiger partial charge in [0, 0.05) is 24.5 Å². The van der Waals surface area contributed by atoms with Crippen LogP contribution in [0.2, 0.25) is 0 Å².